The van der Waals surface area contributed by atoms with Gasteiger partial charge in [-0.05, 0) is 42.8 Å². The van der Waals surface area contributed by atoms with Gasteiger partial charge in [-0.1, -0.05) is 12.1 Å². The van der Waals surface area contributed by atoms with Crippen LogP contribution in [-0.4, -0.2) is 75.5 Å². The second-order valence-electron chi connectivity index (χ2n) is 11.0. The number of ether oxygens (including phenoxy) is 2. The Morgan fingerprint density at radius 2 is 1.89 bits per heavy atom. The van der Waals surface area contributed by atoms with E-state index in [4.69, 9.17) is 13.9 Å². The van der Waals surface area contributed by atoms with Crippen LogP contribution in [-0.2, 0) is 15.7 Å². The number of furan rings is 1. The second kappa shape index (κ2) is 11.2. The zero-order valence-electron chi connectivity index (χ0n) is 23.9. The van der Waals surface area contributed by atoms with E-state index in [0.29, 0.717) is 36.4 Å². The van der Waals surface area contributed by atoms with E-state index >= 15 is 0 Å². The van der Waals surface area contributed by atoms with Crippen molar-refractivity contribution in [2.24, 2.45) is 0 Å². The summed E-state index contributed by atoms with van der Waals surface area (Å²) in [4.78, 5) is 32.2. The molecule has 14 heteroatoms. The fraction of sp³-hybridized carbons (Fsp3) is 0.323. The van der Waals surface area contributed by atoms with E-state index in [1.165, 1.54) is 4.90 Å². The molecule has 2 fully saturated rings. The number of carboxylic acid groups (broad SMARTS) is 1. The average molecular weight is 621 g/mol. The Morgan fingerprint density at radius 1 is 1.09 bits per heavy atom. The molecule has 4 aromatic heterocycles. The molecule has 1 aromatic carbocycles. The highest BCUT2D eigenvalue weighted by Crippen LogP contribution is 2.40. The Morgan fingerprint density at radius 3 is 2.64 bits per heavy atom. The fourth-order valence-corrected chi connectivity index (χ4v) is 5.93. The van der Waals surface area contributed by atoms with Crippen molar-refractivity contribution in [2.75, 3.05) is 36.1 Å². The van der Waals surface area contributed by atoms with E-state index in [2.05, 4.69) is 24.8 Å². The lowest BCUT2D eigenvalue weighted by Crippen LogP contribution is -2.44. The first-order valence-electron chi connectivity index (χ1n) is 14.3. The van der Waals surface area contributed by atoms with Gasteiger partial charge < -0.3 is 28.8 Å². The predicted octanol–water partition coefficient (Wildman–Crippen LogP) is 5.19. The number of hydrogen-bond acceptors (Lipinski definition) is 10. The number of hydrogen-bond donors (Lipinski definition) is 1. The third-order valence-electron chi connectivity index (χ3n) is 8.08. The Hall–Kier alpha value is -4.98. The number of alkyl halides is 3. The Labute approximate surface area is 254 Å². The van der Waals surface area contributed by atoms with Gasteiger partial charge in [0.25, 0.3) is 0 Å². The molecule has 11 nitrogen and oxygen atoms in total. The maximum absolute atomic E-state index is 14.0. The highest BCUT2D eigenvalue weighted by atomic mass is 19.4. The van der Waals surface area contributed by atoms with Crippen molar-refractivity contribution in [3.05, 3.63) is 66.9 Å². The summed E-state index contributed by atoms with van der Waals surface area (Å²) in [6.07, 6.45) is -0.616. The van der Waals surface area contributed by atoms with Crippen molar-refractivity contribution in [3.8, 4) is 17.0 Å². The van der Waals surface area contributed by atoms with Crippen molar-refractivity contribution < 1.29 is 37.0 Å². The molecule has 45 heavy (non-hydrogen) atoms. The normalized spacial score (nSPS) is 20.7. The number of carboxylic acids is 1. The molecule has 0 amide bonds. The van der Waals surface area contributed by atoms with Gasteiger partial charge in [-0.2, -0.15) is 13.2 Å². The van der Waals surface area contributed by atoms with Gasteiger partial charge in [0.05, 0.1) is 19.8 Å². The number of halogens is 3. The lowest BCUT2D eigenvalue weighted by molar-refractivity contribution is -0.144. The van der Waals surface area contributed by atoms with Crippen molar-refractivity contribution in [3.63, 3.8) is 0 Å². The van der Waals surface area contributed by atoms with E-state index in [9.17, 15) is 23.1 Å². The first-order chi connectivity index (χ1) is 21.7. The topological polar surface area (TPSA) is 127 Å². The molecular formula is C31H27F3N6O5. The van der Waals surface area contributed by atoms with E-state index in [0.717, 1.165) is 11.1 Å². The number of benzene rings is 1. The summed E-state index contributed by atoms with van der Waals surface area (Å²) in [5.74, 6) is -2.60. The average Bonchev–Trinajstić information content (AvgIpc) is 3.63. The van der Waals surface area contributed by atoms with Gasteiger partial charge in [-0.3, -0.25) is 4.98 Å². The zero-order valence-corrected chi connectivity index (χ0v) is 23.9. The number of para-hydroxylation sites is 1. The number of rotatable bonds is 6. The minimum atomic E-state index is -4.88. The molecule has 1 unspecified atom stereocenters. The molecule has 3 atom stereocenters. The fourth-order valence-electron chi connectivity index (χ4n) is 5.93. The van der Waals surface area contributed by atoms with E-state index in [-0.39, 0.29) is 41.8 Å². The maximum Gasteiger partial charge on any atom is 0.451 e. The van der Waals surface area contributed by atoms with Crippen LogP contribution in [0.5, 0.6) is 5.88 Å². The molecule has 7 rings (SSSR count). The molecule has 2 saturated heterocycles. The van der Waals surface area contributed by atoms with Crippen LogP contribution in [0.25, 0.3) is 33.2 Å². The number of carbonyl (C=O) groups is 1. The number of aromatic nitrogens is 4. The summed E-state index contributed by atoms with van der Waals surface area (Å²) in [7, 11) is 0. The van der Waals surface area contributed by atoms with E-state index in [1.807, 2.05) is 25.1 Å². The van der Waals surface area contributed by atoms with Gasteiger partial charge in [-0.25, -0.2) is 19.7 Å². The largest absolute Gasteiger partial charge is 0.480 e. The van der Waals surface area contributed by atoms with Crippen LogP contribution in [0.4, 0.5) is 24.7 Å². The van der Waals surface area contributed by atoms with Gasteiger partial charge in [0.1, 0.15) is 28.9 Å². The molecule has 0 bridgehead atoms. The van der Waals surface area contributed by atoms with Crippen molar-refractivity contribution >= 4 is 39.5 Å². The van der Waals surface area contributed by atoms with Gasteiger partial charge in [0, 0.05) is 48.5 Å². The maximum atomic E-state index is 14.0. The van der Waals surface area contributed by atoms with Crippen LogP contribution < -0.4 is 14.5 Å². The molecule has 6 heterocycles. The molecular weight excluding hydrogens is 593 g/mol. The Kier molecular flexibility index (Phi) is 7.15. The third kappa shape index (κ3) is 5.35. The minimum Gasteiger partial charge on any atom is -0.480 e. The molecule has 232 valence electrons. The zero-order chi connectivity index (χ0) is 31.3. The molecule has 0 radical (unpaired) electrons. The molecule has 0 saturated carbocycles. The number of pyridine rings is 2. The number of fused-ring (bicyclic) bond motifs is 3. The lowest BCUT2D eigenvalue weighted by atomic mass is 10.1. The summed E-state index contributed by atoms with van der Waals surface area (Å²) < 4.78 is 59.9. The standard InChI is InChI=1S/C31H27F3N6O5/c1-17-16-43-11-10-39(17)22-12-19(18-6-8-35-9-7-18)14-36-28(22)44-20-13-23(29(41)42)40(15-20)27-26-25(37-30(38-27)31(32,33)34)21-4-2-3-5-24(21)45-26/h2-9,12,14,17,20,23H,10-11,13,15-16H2,1H3,(H,41,42)/t17-,20?,23-/m0/s1. The molecule has 2 aliphatic heterocycles. The highest BCUT2D eigenvalue weighted by Gasteiger charge is 2.43. The summed E-state index contributed by atoms with van der Waals surface area (Å²) >= 11 is 0. The predicted molar refractivity (Wildman–Crippen MR) is 157 cm³/mol. The van der Waals surface area contributed by atoms with Crippen molar-refractivity contribution in [1.29, 1.82) is 0 Å². The first-order valence-corrected chi connectivity index (χ1v) is 14.3. The molecule has 0 spiro atoms. The number of nitrogens with zero attached hydrogens (tertiary/aromatic N) is 6. The molecule has 2 aliphatic rings. The van der Waals surface area contributed by atoms with Gasteiger partial charge in [-0.15, -0.1) is 0 Å². The van der Waals surface area contributed by atoms with Crippen LogP contribution in [0.1, 0.15) is 19.2 Å². The summed E-state index contributed by atoms with van der Waals surface area (Å²) in [5, 5.41) is 10.6. The van der Waals surface area contributed by atoms with Crippen LogP contribution in [0.2, 0.25) is 0 Å². The summed E-state index contributed by atoms with van der Waals surface area (Å²) in [5.41, 5.74) is 2.67. The summed E-state index contributed by atoms with van der Waals surface area (Å²) in [6.45, 7) is 3.53. The van der Waals surface area contributed by atoms with Crippen molar-refractivity contribution in [1.82, 2.24) is 19.9 Å². The number of aliphatic carboxylic acids is 1. The van der Waals surface area contributed by atoms with Crippen LogP contribution >= 0.6 is 0 Å². The number of anilines is 2. The van der Waals surface area contributed by atoms with Crippen LogP contribution in [0.3, 0.4) is 0 Å². The van der Waals surface area contributed by atoms with Crippen molar-refractivity contribution in [2.45, 2.75) is 37.7 Å². The third-order valence-corrected chi connectivity index (χ3v) is 8.08. The smallest absolute Gasteiger partial charge is 0.451 e. The monoisotopic (exact) mass is 620 g/mol. The SMILES string of the molecule is C[C@H]1COCCN1c1cc(-c2ccncc2)cnc1OC1C[C@@H](C(=O)O)N(c2nc(C(F)(F)F)nc3c2oc2ccccc23)C1. The van der Waals surface area contributed by atoms with E-state index in [1.54, 1.807) is 42.9 Å². The Bertz CT molecular complexity index is 1890. The van der Waals surface area contributed by atoms with Crippen LogP contribution in [0, 0.1) is 0 Å². The van der Waals surface area contributed by atoms with Gasteiger partial charge in [0.15, 0.2) is 11.4 Å². The van der Waals surface area contributed by atoms with Gasteiger partial charge in [0.2, 0.25) is 11.7 Å². The molecule has 0 aliphatic carbocycles. The number of morpholine rings is 1. The second-order valence-corrected chi connectivity index (χ2v) is 11.0. The lowest BCUT2D eigenvalue weighted by Gasteiger charge is -2.36. The Balaban J connectivity index is 1.28. The quantitative estimate of drug-likeness (QED) is 0.270. The summed E-state index contributed by atoms with van der Waals surface area (Å²) in [6, 6.07) is 11.0. The molecule has 5 aromatic rings. The van der Waals surface area contributed by atoms with Gasteiger partial charge >= 0.3 is 12.1 Å². The first kappa shape index (κ1) is 28.8. The molecule has 1 N–H and O–H groups in total. The highest BCUT2D eigenvalue weighted by molar-refractivity contribution is 6.06. The van der Waals surface area contributed by atoms with Crippen LogP contribution in [0.15, 0.2) is 65.5 Å². The van der Waals surface area contributed by atoms with E-state index < -0.39 is 30.1 Å². The minimum absolute atomic E-state index is 0.00520.